The lowest BCUT2D eigenvalue weighted by molar-refractivity contribution is 0.667. The zero-order valence-corrected chi connectivity index (χ0v) is 23.1. The van der Waals surface area contributed by atoms with E-state index in [0.717, 1.165) is 61.4 Å². The van der Waals surface area contributed by atoms with E-state index in [0.29, 0.717) is 17.2 Å². The van der Waals surface area contributed by atoms with E-state index < -0.39 is 0 Å². The maximum Gasteiger partial charge on any atom is 0.180 e. The van der Waals surface area contributed by atoms with Crippen molar-refractivity contribution in [2.24, 2.45) is 0 Å². The maximum atomic E-state index is 6.29. The molecule has 0 radical (unpaired) electrons. The van der Waals surface area contributed by atoms with Crippen LogP contribution in [0.3, 0.4) is 0 Å². The number of hydrogen-bond donors (Lipinski definition) is 0. The van der Waals surface area contributed by atoms with Crippen molar-refractivity contribution in [3.63, 3.8) is 0 Å². The first-order valence-corrected chi connectivity index (χ1v) is 14.2. The third-order valence-corrected chi connectivity index (χ3v) is 7.51. The second-order valence-electron chi connectivity index (χ2n) is 10.3. The van der Waals surface area contributed by atoms with E-state index in [1.165, 1.54) is 0 Å². The number of para-hydroxylation sites is 1. The number of furan rings is 1. The van der Waals surface area contributed by atoms with Crippen molar-refractivity contribution in [3.8, 4) is 56.5 Å². The molecular weight excluding hydrogens is 528 g/mol. The molecule has 0 fully saturated rings. The third kappa shape index (κ3) is 4.63. The van der Waals surface area contributed by atoms with Gasteiger partial charge in [-0.05, 0) is 24.3 Å². The Morgan fingerprint density at radius 1 is 0.395 bits per heavy atom. The summed E-state index contributed by atoms with van der Waals surface area (Å²) < 4.78 is 6.29. The van der Waals surface area contributed by atoms with Gasteiger partial charge in [0.1, 0.15) is 16.8 Å². The second-order valence-corrected chi connectivity index (χ2v) is 10.3. The minimum Gasteiger partial charge on any atom is -0.452 e. The first kappa shape index (κ1) is 24.8. The van der Waals surface area contributed by atoms with Gasteiger partial charge in [0.25, 0.3) is 0 Å². The first-order chi connectivity index (χ1) is 21.3. The van der Waals surface area contributed by atoms with Crippen molar-refractivity contribution in [1.29, 1.82) is 0 Å². The van der Waals surface area contributed by atoms with Crippen LogP contribution in [0, 0.1) is 0 Å². The predicted molar refractivity (Wildman–Crippen MR) is 172 cm³/mol. The van der Waals surface area contributed by atoms with Gasteiger partial charge in [-0.3, -0.25) is 0 Å². The van der Waals surface area contributed by atoms with Crippen molar-refractivity contribution < 1.29 is 4.42 Å². The Hall–Kier alpha value is -5.94. The Morgan fingerprint density at radius 2 is 0.907 bits per heavy atom. The Morgan fingerprint density at radius 3 is 1.53 bits per heavy atom. The van der Waals surface area contributed by atoms with E-state index in [9.17, 15) is 0 Å². The molecule has 0 N–H and O–H groups in total. The Bertz CT molecular complexity index is 2170. The Kier molecular flexibility index (Phi) is 6.05. The molecule has 3 heterocycles. The van der Waals surface area contributed by atoms with Gasteiger partial charge in [0.2, 0.25) is 0 Å². The van der Waals surface area contributed by atoms with E-state index in [-0.39, 0.29) is 0 Å². The molecule has 3 aromatic heterocycles. The number of hydrogen-bond acceptors (Lipinski definition) is 5. The molecule has 0 bridgehead atoms. The molecule has 8 rings (SSSR count). The summed E-state index contributed by atoms with van der Waals surface area (Å²) in [6.45, 7) is 0. The average molecular weight is 553 g/mol. The van der Waals surface area contributed by atoms with Crippen LogP contribution in [0.5, 0.6) is 0 Å². The summed E-state index contributed by atoms with van der Waals surface area (Å²) in [5.74, 6) is 1.25. The monoisotopic (exact) mass is 552 g/mol. The molecule has 8 aromatic rings. The highest BCUT2D eigenvalue weighted by atomic mass is 16.3. The van der Waals surface area contributed by atoms with Crippen molar-refractivity contribution in [2.75, 3.05) is 0 Å². The SMILES string of the molecule is c1ccc(-c2cc(-c3ccccc3)nc(-c3cccc(-c4nc(-c5ccccc5)c5oc6ccccc6c5n4)c3)n2)cc1. The number of nitrogens with zero attached hydrogens (tertiary/aromatic N) is 4. The van der Waals surface area contributed by atoms with Crippen LogP contribution in [0.1, 0.15) is 0 Å². The molecule has 0 saturated heterocycles. The van der Waals surface area contributed by atoms with Gasteiger partial charge in [-0.2, -0.15) is 0 Å². The molecule has 5 heteroatoms. The fraction of sp³-hybridized carbons (Fsp3) is 0. The summed E-state index contributed by atoms with van der Waals surface area (Å²) in [7, 11) is 0. The first-order valence-electron chi connectivity index (χ1n) is 14.2. The van der Waals surface area contributed by atoms with Crippen LogP contribution >= 0.6 is 0 Å². The molecule has 5 nitrogen and oxygen atoms in total. The number of rotatable bonds is 5. The molecule has 5 aromatic carbocycles. The van der Waals surface area contributed by atoms with Crippen LogP contribution in [0.4, 0.5) is 0 Å². The van der Waals surface area contributed by atoms with Crippen molar-refractivity contribution >= 4 is 22.1 Å². The predicted octanol–water partition coefficient (Wildman–Crippen LogP) is 9.50. The summed E-state index contributed by atoms with van der Waals surface area (Å²) in [6.07, 6.45) is 0. The van der Waals surface area contributed by atoms with Crippen molar-refractivity contribution in [1.82, 2.24) is 19.9 Å². The van der Waals surface area contributed by atoms with Gasteiger partial charge < -0.3 is 4.42 Å². The second kappa shape index (κ2) is 10.5. The van der Waals surface area contributed by atoms with Crippen LogP contribution < -0.4 is 0 Å². The third-order valence-electron chi connectivity index (χ3n) is 7.51. The molecule has 43 heavy (non-hydrogen) atoms. The summed E-state index contributed by atoms with van der Waals surface area (Å²) >= 11 is 0. The highest BCUT2D eigenvalue weighted by Crippen LogP contribution is 2.36. The fourth-order valence-corrected chi connectivity index (χ4v) is 5.40. The standard InChI is InChI=1S/C38H24N4O/c1-4-13-25(14-5-1)31-24-32(26-15-6-2-7-16-26)40-37(39-31)28-19-12-20-29(23-28)38-41-34(27-17-8-3-9-18-27)36-35(42-38)30-21-10-11-22-33(30)43-36/h1-24H. The molecule has 0 aliphatic heterocycles. The van der Waals surface area contributed by atoms with E-state index in [4.69, 9.17) is 24.4 Å². The molecular formula is C38H24N4O. The van der Waals surface area contributed by atoms with Gasteiger partial charge in [0.15, 0.2) is 17.2 Å². The molecule has 0 amide bonds. The Balaban J connectivity index is 1.31. The summed E-state index contributed by atoms with van der Waals surface area (Å²) in [6, 6.07) is 48.7. The topological polar surface area (TPSA) is 64.7 Å². The van der Waals surface area contributed by atoms with Crippen molar-refractivity contribution in [3.05, 3.63) is 146 Å². The number of benzene rings is 5. The van der Waals surface area contributed by atoms with Gasteiger partial charge >= 0.3 is 0 Å². The number of fused-ring (bicyclic) bond motifs is 3. The average Bonchev–Trinajstić information content (AvgIpc) is 3.48. The quantitative estimate of drug-likeness (QED) is 0.213. The van der Waals surface area contributed by atoms with Crippen LogP contribution in [0.25, 0.3) is 78.6 Å². The van der Waals surface area contributed by atoms with Gasteiger partial charge in [0, 0.05) is 33.2 Å². The smallest absolute Gasteiger partial charge is 0.180 e. The van der Waals surface area contributed by atoms with Crippen molar-refractivity contribution in [2.45, 2.75) is 0 Å². The van der Waals surface area contributed by atoms with E-state index in [2.05, 4.69) is 30.3 Å². The van der Waals surface area contributed by atoms with Gasteiger partial charge in [-0.15, -0.1) is 0 Å². The number of aromatic nitrogens is 4. The van der Waals surface area contributed by atoms with Crippen LogP contribution in [0.2, 0.25) is 0 Å². The lowest BCUT2D eigenvalue weighted by Gasteiger charge is -2.11. The molecule has 0 saturated carbocycles. The summed E-state index contributed by atoms with van der Waals surface area (Å²) in [5, 5.41) is 0.959. The summed E-state index contributed by atoms with van der Waals surface area (Å²) in [4.78, 5) is 20.1. The maximum absolute atomic E-state index is 6.29. The molecule has 0 atom stereocenters. The lowest BCUT2D eigenvalue weighted by Crippen LogP contribution is -1.97. The molecule has 202 valence electrons. The zero-order chi connectivity index (χ0) is 28.6. The van der Waals surface area contributed by atoms with E-state index >= 15 is 0 Å². The molecule has 0 unspecified atom stereocenters. The molecule has 0 aliphatic carbocycles. The van der Waals surface area contributed by atoms with Crippen LogP contribution in [-0.2, 0) is 0 Å². The van der Waals surface area contributed by atoms with Gasteiger partial charge in [0.05, 0.1) is 11.4 Å². The normalized spacial score (nSPS) is 11.3. The lowest BCUT2D eigenvalue weighted by atomic mass is 10.1. The highest BCUT2D eigenvalue weighted by Gasteiger charge is 2.18. The molecule has 0 aliphatic rings. The Labute approximate surface area is 248 Å². The largest absolute Gasteiger partial charge is 0.452 e. The molecule has 0 spiro atoms. The minimum absolute atomic E-state index is 0.613. The fourth-order valence-electron chi connectivity index (χ4n) is 5.40. The zero-order valence-electron chi connectivity index (χ0n) is 23.1. The van der Waals surface area contributed by atoms with E-state index in [1.807, 2.05) is 115 Å². The highest BCUT2D eigenvalue weighted by molar-refractivity contribution is 6.07. The van der Waals surface area contributed by atoms with Gasteiger partial charge in [-0.1, -0.05) is 121 Å². The summed E-state index contributed by atoms with van der Waals surface area (Å²) in [5.41, 5.74) is 9.54. The van der Waals surface area contributed by atoms with Crippen LogP contribution in [-0.4, -0.2) is 19.9 Å². The van der Waals surface area contributed by atoms with Crippen LogP contribution in [0.15, 0.2) is 150 Å². The van der Waals surface area contributed by atoms with E-state index in [1.54, 1.807) is 0 Å². The minimum atomic E-state index is 0.613. The van der Waals surface area contributed by atoms with Gasteiger partial charge in [-0.25, -0.2) is 19.9 Å².